The van der Waals surface area contributed by atoms with Crippen molar-refractivity contribution in [2.75, 3.05) is 33.3 Å². The summed E-state index contributed by atoms with van der Waals surface area (Å²) >= 11 is 0. The van der Waals surface area contributed by atoms with Gasteiger partial charge >= 0.3 is 11.8 Å². The molecule has 1 heterocycles. The minimum absolute atomic E-state index is 0.190. The van der Waals surface area contributed by atoms with Gasteiger partial charge in [0, 0.05) is 33.3 Å². The molecule has 5 nitrogen and oxygen atoms in total. The van der Waals surface area contributed by atoms with Crippen LogP contribution in [-0.4, -0.2) is 60.0 Å². The van der Waals surface area contributed by atoms with Crippen molar-refractivity contribution >= 4 is 11.8 Å². The second-order valence-electron chi connectivity index (χ2n) is 3.80. The summed E-state index contributed by atoms with van der Waals surface area (Å²) in [5, 5.41) is 8.59. The third kappa shape index (κ3) is 3.20. The van der Waals surface area contributed by atoms with E-state index in [1.54, 1.807) is 11.9 Å². The predicted octanol–water partition coefficient (Wildman–Crippen LogP) is -0.550. The molecule has 1 rings (SSSR count). The first kappa shape index (κ1) is 12.0. The van der Waals surface area contributed by atoms with Crippen LogP contribution in [0, 0.1) is 0 Å². The molecule has 1 fully saturated rings. The summed E-state index contributed by atoms with van der Waals surface area (Å²) in [4.78, 5) is 25.9. The first-order chi connectivity index (χ1) is 7.16. The smallest absolute Gasteiger partial charge is 0.312 e. The van der Waals surface area contributed by atoms with Gasteiger partial charge in [-0.15, -0.1) is 0 Å². The standard InChI is InChI=1S/C10H18N2O3/c1-11-6-7-12(10(15)9(11)14)5-3-2-4-8-13/h13H,2-8H2,1H3. The van der Waals surface area contributed by atoms with Gasteiger partial charge in [0.2, 0.25) is 0 Å². The number of aliphatic hydroxyl groups is 1. The summed E-state index contributed by atoms with van der Waals surface area (Å²) < 4.78 is 0. The van der Waals surface area contributed by atoms with E-state index in [2.05, 4.69) is 0 Å². The van der Waals surface area contributed by atoms with Crippen LogP contribution in [0.5, 0.6) is 0 Å². The number of likely N-dealkylation sites (N-methyl/N-ethyl adjacent to an activating group) is 1. The highest BCUT2D eigenvalue weighted by Crippen LogP contribution is 2.05. The lowest BCUT2D eigenvalue weighted by Crippen LogP contribution is -2.52. The van der Waals surface area contributed by atoms with Gasteiger partial charge in [0.1, 0.15) is 0 Å². The Morgan fingerprint density at radius 3 is 2.53 bits per heavy atom. The maximum atomic E-state index is 11.5. The minimum atomic E-state index is -0.414. The Balaban J connectivity index is 2.30. The Kier molecular flexibility index (Phi) is 4.55. The number of carbonyl (C=O) groups is 2. The van der Waals surface area contributed by atoms with Crippen molar-refractivity contribution in [2.45, 2.75) is 19.3 Å². The lowest BCUT2D eigenvalue weighted by Gasteiger charge is -2.31. The van der Waals surface area contributed by atoms with Gasteiger partial charge in [0.15, 0.2) is 0 Å². The molecular formula is C10H18N2O3. The van der Waals surface area contributed by atoms with Crippen molar-refractivity contribution in [3.05, 3.63) is 0 Å². The SMILES string of the molecule is CN1CCN(CCCCCO)C(=O)C1=O. The fourth-order valence-electron chi connectivity index (χ4n) is 1.58. The number of amides is 2. The fourth-order valence-corrected chi connectivity index (χ4v) is 1.58. The highest BCUT2D eigenvalue weighted by Gasteiger charge is 2.29. The highest BCUT2D eigenvalue weighted by molar-refractivity contribution is 6.35. The number of unbranched alkanes of at least 4 members (excludes halogenated alkanes) is 2. The molecule has 0 atom stereocenters. The van der Waals surface area contributed by atoms with Gasteiger partial charge < -0.3 is 14.9 Å². The van der Waals surface area contributed by atoms with E-state index in [4.69, 9.17) is 5.11 Å². The lowest BCUT2D eigenvalue weighted by molar-refractivity contribution is -0.154. The zero-order valence-corrected chi connectivity index (χ0v) is 9.11. The monoisotopic (exact) mass is 214 g/mol. The van der Waals surface area contributed by atoms with E-state index >= 15 is 0 Å². The van der Waals surface area contributed by atoms with Gasteiger partial charge in [0.25, 0.3) is 0 Å². The molecule has 0 unspecified atom stereocenters. The van der Waals surface area contributed by atoms with E-state index in [-0.39, 0.29) is 6.61 Å². The second-order valence-corrected chi connectivity index (χ2v) is 3.80. The van der Waals surface area contributed by atoms with Gasteiger partial charge in [0.05, 0.1) is 0 Å². The van der Waals surface area contributed by atoms with Crippen LogP contribution in [0.3, 0.4) is 0 Å². The summed E-state index contributed by atoms with van der Waals surface area (Å²) in [5.74, 6) is -0.809. The third-order valence-electron chi connectivity index (χ3n) is 2.61. The zero-order valence-electron chi connectivity index (χ0n) is 9.11. The van der Waals surface area contributed by atoms with Gasteiger partial charge in [-0.3, -0.25) is 9.59 Å². The molecule has 15 heavy (non-hydrogen) atoms. The van der Waals surface area contributed by atoms with Crippen LogP contribution in [0.15, 0.2) is 0 Å². The molecule has 1 N–H and O–H groups in total. The molecule has 0 saturated carbocycles. The summed E-state index contributed by atoms with van der Waals surface area (Å²) in [6, 6.07) is 0. The van der Waals surface area contributed by atoms with Crippen LogP contribution >= 0.6 is 0 Å². The molecule has 2 amide bonds. The van der Waals surface area contributed by atoms with Crippen molar-refractivity contribution in [2.24, 2.45) is 0 Å². The molecule has 5 heteroatoms. The Labute approximate surface area is 89.7 Å². The maximum Gasteiger partial charge on any atom is 0.312 e. The summed E-state index contributed by atoms with van der Waals surface area (Å²) in [5.41, 5.74) is 0. The highest BCUT2D eigenvalue weighted by atomic mass is 16.3. The Bertz CT molecular complexity index is 243. The van der Waals surface area contributed by atoms with Crippen LogP contribution in [-0.2, 0) is 9.59 Å². The molecule has 0 aromatic rings. The molecule has 1 aliphatic heterocycles. The number of hydrogen-bond acceptors (Lipinski definition) is 3. The first-order valence-electron chi connectivity index (χ1n) is 5.32. The number of nitrogens with zero attached hydrogens (tertiary/aromatic N) is 2. The quantitative estimate of drug-likeness (QED) is 0.493. The Hall–Kier alpha value is -1.10. The molecule has 0 spiro atoms. The summed E-state index contributed by atoms with van der Waals surface area (Å²) in [7, 11) is 1.64. The predicted molar refractivity (Wildman–Crippen MR) is 55.2 cm³/mol. The van der Waals surface area contributed by atoms with Crippen molar-refractivity contribution < 1.29 is 14.7 Å². The van der Waals surface area contributed by atoms with Crippen LogP contribution in [0.1, 0.15) is 19.3 Å². The van der Waals surface area contributed by atoms with Crippen LogP contribution in [0.4, 0.5) is 0 Å². The van der Waals surface area contributed by atoms with Crippen molar-refractivity contribution in [3.63, 3.8) is 0 Å². The molecule has 1 aliphatic rings. The van der Waals surface area contributed by atoms with Crippen LogP contribution in [0.25, 0.3) is 0 Å². The largest absolute Gasteiger partial charge is 0.396 e. The van der Waals surface area contributed by atoms with Crippen LogP contribution in [0.2, 0.25) is 0 Å². The summed E-state index contributed by atoms with van der Waals surface area (Å²) in [6.45, 7) is 2.05. The number of hydrogen-bond donors (Lipinski definition) is 1. The van der Waals surface area contributed by atoms with Gasteiger partial charge in [-0.2, -0.15) is 0 Å². The van der Waals surface area contributed by atoms with E-state index < -0.39 is 11.8 Å². The number of piperazine rings is 1. The molecule has 0 aromatic carbocycles. The zero-order chi connectivity index (χ0) is 11.3. The molecule has 0 radical (unpaired) electrons. The number of rotatable bonds is 5. The molecular weight excluding hydrogens is 196 g/mol. The fraction of sp³-hybridized carbons (Fsp3) is 0.800. The van der Waals surface area contributed by atoms with E-state index in [1.165, 1.54) is 4.90 Å². The number of carbonyl (C=O) groups excluding carboxylic acids is 2. The van der Waals surface area contributed by atoms with Gasteiger partial charge in [-0.05, 0) is 19.3 Å². The van der Waals surface area contributed by atoms with Crippen LogP contribution < -0.4 is 0 Å². The van der Waals surface area contributed by atoms with E-state index in [1.807, 2.05) is 0 Å². The number of aliphatic hydroxyl groups excluding tert-OH is 1. The first-order valence-corrected chi connectivity index (χ1v) is 5.32. The lowest BCUT2D eigenvalue weighted by atomic mass is 10.2. The van der Waals surface area contributed by atoms with E-state index in [0.29, 0.717) is 19.6 Å². The minimum Gasteiger partial charge on any atom is -0.396 e. The average Bonchev–Trinajstić information content (AvgIpc) is 2.24. The Morgan fingerprint density at radius 2 is 1.87 bits per heavy atom. The topological polar surface area (TPSA) is 60.9 Å². The van der Waals surface area contributed by atoms with E-state index in [0.717, 1.165) is 19.3 Å². The molecule has 86 valence electrons. The summed E-state index contributed by atoms with van der Waals surface area (Å²) in [6.07, 6.45) is 2.50. The molecule has 0 aliphatic carbocycles. The van der Waals surface area contributed by atoms with Crippen molar-refractivity contribution in [1.82, 2.24) is 9.80 Å². The third-order valence-corrected chi connectivity index (χ3v) is 2.61. The normalized spacial score (nSPS) is 17.5. The van der Waals surface area contributed by atoms with Gasteiger partial charge in [-0.1, -0.05) is 0 Å². The second kappa shape index (κ2) is 5.70. The average molecular weight is 214 g/mol. The molecule has 0 bridgehead atoms. The van der Waals surface area contributed by atoms with Crippen molar-refractivity contribution in [1.29, 1.82) is 0 Å². The van der Waals surface area contributed by atoms with Gasteiger partial charge in [-0.25, -0.2) is 0 Å². The van der Waals surface area contributed by atoms with E-state index in [9.17, 15) is 9.59 Å². The Morgan fingerprint density at radius 1 is 1.13 bits per heavy atom. The molecule has 0 aromatic heterocycles. The molecule has 1 saturated heterocycles. The van der Waals surface area contributed by atoms with Crippen molar-refractivity contribution in [3.8, 4) is 0 Å². The maximum absolute atomic E-state index is 11.5.